The van der Waals surface area contributed by atoms with Gasteiger partial charge in [-0.3, -0.25) is 0 Å². The third kappa shape index (κ3) is 14.3. The van der Waals surface area contributed by atoms with Crippen LogP contribution in [0.2, 0.25) is 18.1 Å². The van der Waals surface area contributed by atoms with Crippen molar-refractivity contribution in [2.75, 3.05) is 6.61 Å². The van der Waals surface area contributed by atoms with E-state index in [2.05, 4.69) is 47.7 Å². The normalized spacial score (nSPS) is 14.0. The summed E-state index contributed by atoms with van der Waals surface area (Å²) in [5.74, 6) is 0.951. The Morgan fingerprint density at radius 2 is 1.12 bits per heavy atom. The van der Waals surface area contributed by atoms with Crippen LogP contribution in [0.1, 0.15) is 125 Å². The van der Waals surface area contributed by atoms with Gasteiger partial charge in [0.1, 0.15) is 0 Å². The molecule has 0 aliphatic rings. The van der Waals surface area contributed by atoms with E-state index >= 15 is 0 Å². The molecule has 0 aromatic carbocycles. The molecule has 26 heavy (non-hydrogen) atoms. The molecule has 0 aromatic heterocycles. The van der Waals surface area contributed by atoms with Crippen LogP contribution < -0.4 is 0 Å². The van der Waals surface area contributed by atoms with Crippen LogP contribution in [0.3, 0.4) is 0 Å². The van der Waals surface area contributed by atoms with Gasteiger partial charge in [-0.25, -0.2) is 0 Å². The maximum atomic E-state index is 6.25. The molecule has 0 heterocycles. The average molecular weight is 385 g/mol. The molecule has 2 heteroatoms. The predicted molar refractivity (Wildman–Crippen MR) is 123 cm³/mol. The minimum atomic E-state index is -1.52. The highest BCUT2D eigenvalue weighted by molar-refractivity contribution is 6.74. The lowest BCUT2D eigenvalue weighted by atomic mass is 9.98. The van der Waals surface area contributed by atoms with Crippen LogP contribution >= 0.6 is 0 Å². The molecule has 0 amide bonds. The predicted octanol–water partition coefficient (Wildman–Crippen LogP) is 9.13. The van der Waals surface area contributed by atoms with Crippen molar-refractivity contribution in [3.8, 4) is 0 Å². The van der Waals surface area contributed by atoms with Crippen molar-refractivity contribution in [3.05, 3.63) is 0 Å². The molecule has 0 bridgehead atoms. The Hall–Kier alpha value is 0.177. The van der Waals surface area contributed by atoms with Gasteiger partial charge in [0.05, 0.1) is 0 Å². The molecule has 0 saturated carbocycles. The van der Waals surface area contributed by atoms with E-state index in [9.17, 15) is 0 Å². The second-order valence-electron chi connectivity index (χ2n) is 10.2. The summed E-state index contributed by atoms with van der Waals surface area (Å²) in [6, 6.07) is 0. The van der Waals surface area contributed by atoms with Gasteiger partial charge in [0, 0.05) is 6.61 Å². The molecule has 0 fully saturated rings. The van der Waals surface area contributed by atoms with Crippen LogP contribution in [0, 0.1) is 5.92 Å². The molecule has 158 valence electrons. The molecule has 0 aromatic rings. The number of unbranched alkanes of at least 4 members (excludes halogenated alkanes) is 10. The minimum Gasteiger partial charge on any atom is -0.417 e. The maximum Gasteiger partial charge on any atom is 0.191 e. The Labute approximate surface area is 168 Å². The summed E-state index contributed by atoms with van der Waals surface area (Å²) < 4.78 is 6.25. The van der Waals surface area contributed by atoms with E-state index in [1.807, 2.05) is 0 Å². The largest absolute Gasteiger partial charge is 0.417 e. The molecule has 1 nitrogen and oxygen atoms in total. The average Bonchev–Trinajstić information content (AvgIpc) is 2.54. The van der Waals surface area contributed by atoms with Crippen molar-refractivity contribution in [3.63, 3.8) is 0 Å². The van der Waals surface area contributed by atoms with E-state index in [0.717, 1.165) is 12.5 Å². The third-order valence-corrected chi connectivity index (χ3v) is 10.9. The summed E-state index contributed by atoms with van der Waals surface area (Å²) in [6.07, 6.45) is 19.8. The lowest BCUT2D eigenvalue weighted by molar-refractivity contribution is 0.277. The Morgan fingerprint density at radius 1 is 0.692 bits per heavy atom. The van der Waals surface area contributed by atoms with Gasteiger partial charge in [-0.15, -0.1) is 0 Å². The second kappa shape index (κ2) is 15.1. The molecule has 0 rings (SSSR count). The second-order valence-corrected chi connectivity index (χ2v) is 15.0. The summed E-state index contributed by atoms with van der Waals surface area (Å²) in [7, 11) is -1.52. The van der Waals surface area contributed by atoms with Crippen LogP contribution in [0.25, 0.3) is 0 Å². The molecule has 0 spiro atoms. The molecule has 0 aliphatic carbocycles. The summed E-state index contributed by atoms with van der Waals surface area (Å²) in [5, 5.41) is 0.348. The van der Waals surface area contributed by atoms with Gasteiger partial charge in [0.2, 0.25) is 0 Å². The maximum absolute atomic E-state index is 6.25. The molecule has 0 N–H and O–H groups in total. The van der Waals surface area contributed by atoms with Gasteiger partial charge in [-0.05, 0) is 30.5 Å². The van der Waals surface area contributed by atoms with Gasteiger partial charge in [-0.2, -0.15) is 0 Å². The SMILES string of the molecule is CCCC(C)CCCCCCCCCCCCCO[Si](C)(C)C(C)(C)C. The first-order valence-electron chi connectivity index (χ1n) is 11.8. The first kappa shape index (κ1) is 26.2. The highest BCUT2D eigenvalue weighted by Gasteiger charge is 2.36. The zero-order valence-corrected chi connectivity index (χ0v) is 20.6. The highest BCUT2D eigenvalue weighted by Crippen LogP contribution is 2.36. The molecule has 1 unspecified atom stereocenters. The van der Waals surface area contributed by atoms with Crippen LogP contribution in [-0.2, 0) is 4.43 Å². The number of rotatable bonds is 17. The van der Waals surface area contributed by atoms with Gasteiger partial charge >= 0.3 is 0 Å². The smallest absolute Gasteiger partial charge is 0.191 e. The molecule has 0 saturated heterocycles. The van der Waals surface area contributed by atoms with Crippen molar-refractivity contribution in [1.82, 2.24) is 0 Å². The summed E-state index contributed by atoms with van der Waals surface area (Å²) in [6.45, 7) is 17.4. The van der Waals surface area contributed by atoms with E-state index < -0.39 is 8.32 Å². The highest BCUT2D eigenvalue weighted by atomic mass is 28.4. The van der Waals surface area contributed by atoms with Crippen LogP contribution in [0.15, 0.2) is 0 Å². The fraction of sp³-hybridized carbons (Fsp3) is 1.00. The van der Waals surface area contributed by atoms with Gasteiger partial charge < -0.3 is 4.43 Å². The number of hydrogen-bond donors (Lipinski definition) is 0. The molecular weight excluding hydrogens is 332 g/mol. The third-order valence-electron chi connectivity index (χ3n) is 6.39. The van der Waals surface area contributed by atoms with Crippen molar-refractivity contribution in [2.24, 2.45) is 5.92 Å². The van der Waals surface area contributed by atoms with E-state index in [1.165, 1.54) is 89.9 Å². The van der Waals surface area contributed by atoms with Crippen molar-refractivity contribution in [1.29, 1.82) is 0 Å². The fourth-order valence-corrected chi connectivity index (χ4v) is 4.45. The fourth-order valence-electron chi connectivity index (χ4n) is 3.37. The zero-order valence-electron chi connectivity index (χ0n) is 19.6. The van der Waals surface area contributed by atoms with Gasteiger partial charge in [0.15, 0.2) is 8.32 Å². The quantitative estimate of drug-likeness (QED) is 0.179. The van der Waals surface area contributed by atoms with Crippen LogP contribution in [0.4, 0.5) is 0 Å². The van der Waals surface area contributed by atoms with Crippen molar-refractivity contribution >= 4 is 8.32 Å². The van der Waals surface area contributed by atoms with E-state index in [0.29, 0.717) is 5.04 Å². The number of hydrogen-bond acceptors (Lipinski definition) is 1. The van der Waals surface area contributed by atoms with Crippen molar-refractivity contribution in [2.45, 2.75) is 143 Å². The summed E-state index contributed by atoms with van der Waals surface area (Å²) in [4.78, 5) is 0. The summed E-state index contributed by atoms with van der Waals surface area (Å²) >= 11 is 0. The first-order valence-corrected chi connectivity index (χ1v) is 14.8. The van der Waals surface area contributed by atoms with Gasteiger partial charge in [-0.1, -0.05) is 118 Å². The van der Waals surface area contributed by atoms with E-state index in [-0.39, 0.29) is 0 Å². The van der Waals surface area contributed by atoms with Crippen molar-refractivity contribution < 1.29 is 4.43 Å². The Kier molecular flexibility index (Phi) is 15.2. The minimum absolute atomic E-state index is 0.348. The molecule has 0 radical (unpaired) electrons. The monoisotopic (exact) mass is 384 g/mol. The van der Waals surface area contributed by atoms with Gasteiger partial charge in [0.25, 0.3) is 0 Å². The first-order chi connectivity index (χ1) is 12.2. The summed E-state index contributed by atoms with van der Waals surface area (Å²) in [5.41, 5.74) is 0. The molecular formula is C24H52OSi. The standard InChI is InChI=1S/C24H52OSi/c1-8-20-23(2)21-18-16-14-12-10-9-11-13-15-17-19-22-25-26(6,7)24(3,4)5/h23H,8-22H2,1-7H3. The van der Waals surface area contributed by atoms with Crippen LogP contribution in [0.5, 0.6) is 0 Å². The lowest BCUT2D eigenvalue weighted by Gasteiger charge is -2.36. The molecule has 0 aliphatic heterocycles. The Balaban J connectivity index is 3.28. The zero-order chi connectivity index (χ0) is 19.9. The van der Waals surface area contributed by atoms with E-state index in [4.69, 9.17) is 4.43 Å². The topological polar surface area (TPSA) is 9.23 Å². The Bertz CT molecular complexity index is 306. The van der Waals surface area contributed by atoms with E-state index in [1.54, 1.807) is 0 Å². The van der Waals surface area contributed by atoms with Crippen LogP contribution in [-0.4, -0.2) is 14.9 Å². The Morgan fingerprint density at radius 3 is 1.54 bits per heavy atom. The molecule has 1 atom stereocenters. The lowest BCUT2D eigenvalue weighted by Crippen LogP contribution is -2.40.